The fourth-order valence-corrected chi connectivity index (χ4v) is 4.35. The molecule has 29 heavy (non-hydrogen) atoms. The summed E-state index contributed by atoms with van der Waals surface area (Å²) in [6.07, 6.45) is 0.797. The third kappa shape index (κ3) is 3.39. The van der Waals surface area contributed by atoms with Crippen molar-refractivity contribution >= 4 is 17.4 Å². The lowest BCUT2D eigenvalue weighted by molar-refractivity contribution is -0.132. The molecule has 8 nitrogen and oxygen atoms in total. The van der Waals surface area contributed by atoms with E-state index in [4.69, 9.17) is 9.84 Å². The number of carbonyl (C=O) groups excluding carboxylic acids is 1. The van der Waals surface area contributed by atoms with Crippen LogP contribution in [0.15, 0.2) is 42.5 Å². The van der Waals surface area contributed by atoms with Crippen molar-refractivity contribution in [3.63, 3.8) is 0 Å². The number of amides is 1. The Bertz CT molecular complexity index is 1010. The number of aromatic nitrogens is 4. The maximum Gasteiger partial charge on any atom is 0.260 e. The topological polar surface area (TPSA) is 75.9 Å². The summed E-state index contributed by atoms with van der Waals surface area (Å²) in [6, 6.07) is 13.5. The van der Waals surface area contributed by atoms with Crippen molar-refractivity contribution in [3.8, 4) is 5.75 Å². The quantitative estimate of drug-likeness (QED) is 0.657. The van der Waals surface area contributed by atoms with Crippen molar-refractivity contribution in [2.45, 2.75) is 13.3 Å². The molecule has 0 N–H and O–H groups in total. The number of benzene rings is 1. The molecule has 1 amide bonds. The molecule has 2 saturated heterocycles. The maximum absolute atomic E-state index is 12.5. The lowest BCUT2D eigenvalue weighted by Gasteiger charge is -2.22. The minimum Gasteiger partial charge on any atom is -0.484 e. The Kier molecular flexibility index (Phi) is 4.54. The molecule has 0 bridgehead atoms. The summed E-state index contributed by atoms with van der Waals surface area (Å²) in [5, 5.41) is 13.1. The largest absolute Gasteiger partial charge is 0.484 e. The highest BCUT2D eigenvalue weighted by Gasteiger charge is 2.42. The molecule has 1 aromatic carbocycles. The summed E-state index contributed by atoms with van der Waals surface area (Å²) < 4.78 is 7.46. The standard InChI is InChI=1S/C21H24N6O2/c1-2-18-22-23-19-8-9-20(24-27(18)19)25-10-15-12-26(13-16(15)11-25)21(28)14-29-17-6-4-3-5-7-17/h3-9,15-16H,2,10-14H2,1H3. The Balaban J connectivity index is 1.20. The first-order chi connectivity index (χ1) is 14.2. The van der Waals surface area contributed by atoms with E-state index >= 15 is 0 Å². The van der Waals surface area contributed by atoms with E-state index < -0.39 is 0 Å². The van der Waals surface area contributed by atoms with Crippen molar-refractivity contribution in [1.29, 1.82) is 0 Å². The van der Waals surface area contributed by atoms with Gasteiger partial charge in [-0.15, -0.1) is 15.3 Å². The molecule has 0 saturated carbocycles. The van der Waals surface area contributed by atoms with Gasteiger partial charge in [-0.05, 0) is 24.3 Å². The summed E-state index contributed by atoms with van der Waals surface area (Å²) in [5.74, 6) is 3.56. The van der Waals surface area contributed by atoms with Crippen LogP contribution in [0.2, 0.25) is 0 Å². The van der Waals surface area contributed by atoms with Crippen LogP contribution >= 0.6 is 0 Å². The first-order valence-electron chi connectivity index (χ1n) is 10.1. The monoisotopic (exact) mass is 392 g/mol. The summed E-state index contributed by atoms with van der Waals surface area (Å²) in [7, 11) is 0. The number of hydrogen-bond donors (Lipinski definition) is 0. The predicted molar refractivity (Wildman–Crippen MR) is 108 cm³/mol. The number of fused-ring (bicyclic) bond motifs is 2. The van der Waals surface area contributed by atoms with Gasteiger partial charge < -0.3 is 14.5 Å². The zero-order valence-electron chi connectivity index (χ0n) is 16.4. The Hall–Kier alpha value is -3.16. The van der Waals surface area contributed by atoms with E-state index in [9.17, 15) is 4.79 Å². The summed E-state index contributed by atoms with van der Waals surface area (Å²) in [4.78, 5) is 16.8. The highest BCUT2D eigenvalue weighted by molar-refractivity contribution is 5.78. The molecule has 2 fully saturated rings. The van der Waals surface area contributed by atoms with E-state index in [0.29, 0.717) is 11.8 Å². The van der Waals surface area contributed by atoms with Gasteiger partial charge in [-0.2, -0.15) is 4.52 Å². The maximum atomic E-state index is 12.5. The van der Waals surface area contributed by atoms with Crippen LogP contribution in [-0.4, -0.2) is 63.4 Å². The van der Waals surface area contributed by atoms with E-state index in [2.05, 4.69) is 22.0 Å². The minimum atomic E-state index is 0.0615. The van der Waals surface area contributed by atoms with Crippen LogP contribution in [0.25, 0.3) is 5.65 Å². The number of ether oxygens (including phenoxy) is 1. The van der Waals surface area contributed by atoms with E-state index in [-0.39, 0.29) is 12.5 Å². The number of aryl methyl sites for hydroxylation is 1. The number of likely N-dealkylation sites (tertiary alicyclic amines) is 1. The molecular formula is C21H24N6O2. The van der Waals surface area contributed by atoms with Crippen molar-refractivity contribution in [1.82, 2.24) is 24.7 Å². The Morgan fingerprint density at radius 2 is 1.79 bits per heavy atom. The average molecular weight is 392 g/mol. The molecule has 2 unspecified atom stereocenters. The molecule has 2 aliphatic rings. The molecule has 0 spiro atoms. The van der Waals surface area contributed by atoms with Crippen LogP contribution in [0.1, 0.15) is 12.7 Å². The fourth-order valence-electron chi connectivity index (χ4n) is 4.35. The van der Waals surface area contributed by atoms with Gasteiger partial charge in [0, 0.05) is 44.4 Å². The van der Waals surface area contributed by atoms with Crippen molar-refractivity contribution in [3.05, 3.63) is 48.3 Å². The summed E-state index contributed by atoms with van der Waals surface area (Å²) >= 11 is 0. The number of hydrogen-bond acceptors (Lipinski definition) is 6. The average Bonchev–Trinajstić information content (AvgIpc) is 3.45. The smallest absolute Gasteiger partial charge is 0.260 e. The molecular weight excluding hydrogens is 368 g/mol. The van der Waals surface area contributed by atoms with Gasteiger partial charge in [0.1, 0.15) is 11.6 Å². The second-order valence-corrected chi connectivity index (χ2v) is 7.76. The van der Waals surface area contributed by atoms with Gasteiger partial charge in [0.05, 0.1) is 0 Å². The molecule has 0 radical (unpaired) electrons. The third-order valence-corrected chi connectivity index (χ3v) is 5.90. The van der Waals surface area contributed by atoms with Crippen LogP contribution in [0.3, 0.4) is 0 Å². The third-order valence-electron chi connectivity index (χ3n) is 5.90. The van der Waals surface area contributed by atoms with Crippen LogP contribution in [0.5, 0.6) is 5.75 Å². The normalized spacial score (nSPS) is 21.0. The number of nitrogens with zero attached hydrogens (tertiary/aromatic N) is 6. The van der Waals surface area contributed by atoms with Gasteiger partial charge in [0.2, 0.25) is 0 Å². The van der Waals surface area contributed by atoms with E-state index in [0.717, 1.165) is 55.6 Å². The Labute approximate surface area is 169 Å². The summed E-state index contributed by atoms with van der Waals surface area (Å²) in [6.45, 7) is 5.55. The number of carbonyl (C=O) groups is 1. The molecule has 8 heteroatoms. The number of para-hydroxylation sites is 1. The van der Waals surface area contributed by atoms with Gasteiger partial charge in [-0.3, -0.25) is 4.79 Å². The lowest BCUT2D eigenvalue weighted by atomic mass is 10.0. The first-order valence-corrected chi connectivity index (χ1v) is 10.1. The van der Waals surface area contributed by atoms with E-state index in [1.807, 2.05) is 51.9 Å². The molecule has 0 aliphatic carbocycles. The zero-order chi connectivity index (χ0) is 19.8. The lowest BCUT2D eigenvalue weighted by Crippen LogP contribution is -2.36. The van der Waals surface area contributed by atoms with Gasteiger partial charge in [-0.25, -0.2) is 0 Å². The molecule has 2 aliphatic heterocycles. The molecule has 4 heterocycles. The van der Waals surface area contributed by atoms with Gasteiger partial charge in [-0.1, -0.05) is 25.1 Å². The molecule has 2 aromatic heterocycles. The first kappa shape index (κ1) is 17.9. The number of rotatable bonds is 5. The van der Waals surface area contributed by atoms with Gasteiger partial charge in [0.25, 0.3) is 5.91 Å². The minimum absolute atomic E-state index is 0.0615. The van der Waals surface area contributed by atoms with Crippen LogP contribution < -0.4 is 9.64 Å². The molecule has 5 rings (SSSR count). The second-order valence-electron chi connectivity index (χ2n) is 7.76. The van der Waals surface area contributed by atoms with E-state index in [1.54, 1.807) is 0 Å². The summed E-state index contributed by atoms with van der Waals surface area (Å²) in [5.41, 5.74) is 0.778. The van der Waals surface area contributed by atoms with Crippen LogP contribution in [0, 0.1) is 11.8 Å². The predicted octanol–water partition coefficient (Wildman–Crippen LogP) is 1.66. The molecule has 3 aromatic rings. The fraction of sp³-hybridized carbons (Fsp3) is 0.429. The van der Waals surface area contributed by atoms with E-state index in [1.165, 1.54) is 0 Å². The van der Waals surface area contributed by atoms with Crippen LogP contribution in [0.4, 0.5) is 5.82 Å². The van der Waals surface area contributed by atoms with Crippen molar-refractivity contribution in [2.75, 3.05) is 37.7 Å². The zero-order valence-corrected chi connectivity index (χ0v) is 16.4. The number of anilines is 1. The highest BCUT2D eigenvalue weighted by Crippen LogP contribution is 2.33. The Morgan fingerprint density at radius 3 is 2.52 bits per heavy atom. The van der Waals surface area contributed by atoms with Crippen LogP contribution in [-0.2, 0) is 11.2 Å². The van der Waals surface area contributed by atoms with Gasteiger partial charge in [0.15, 0.2) is 18.1 Å². The second kappa shape index (κ2) is 7.35. The molecule has 150 valence electrons. The van der Waals surface area contributed by atoms with Gasteiger partial charge >= 0.3 is 0 Å². The molecule has 2 atom stereocenters. The highest BCUT2D eigenvalue weighted by atomic mass is 16.5. The van der Waals surface area contributed by atoms with Crippen molar-refractivity contribution < 1.29 is 9.53 Å². The Morgan fingerprint density at radius 1 is 1.03 bits per heavy atom. The van der Waals surface area contributed by atoms with Crippen molar-refractivity contribution in [2.24, 2.45) is 11.8 Å². The SMILES string of the molecule is CCc1nnc2ccc(N3CC4CN(C(=O)COc5ccccc5)CC4C3)nn12.